The van der Waals surface area contributed by atoms with E-state index in [2.05, 4.69) is 0 Å². The number of halogens is 3. The van der Waals surface area contributed by atoms with Crippen molar-refractivity contribution in [3.05, 3.63) is 0 Å². The molecule has 0 spiro atoms. The molecule has 0 saturated heterocycles. The summed E-state index contributed by atoms with van der Waals surface area (Å²) in [6, 6.07) is 0. The van der Waals surface area contributed by atoms with Gasteiger partial charge < -0.3 is 10.2 Å². The number of alkyl halides is 3. The van der Waals surface area contributed by atoms with Gasteiger partial charge in [-0.25, -0.2) is 0 Å². The van der Waals surface area contributed by atoms with E-state index in [-0.39, 0.29) is 6.42 Å². The Kier molecular flexibility index (Phi) is 3.93. The third kappa shape index (κ3) is 3.95. The van der Waals surface area contributed by atoms with Crippen LogP contribution in [-0.4, -0.2) is 28.5 Å². The Morgan fingerprint density at radius 1 is 1.36 bits per heavy atom. The molecule has 6 heteroatoms. The largest absolute Gasteiger partial charge is 0.481 e. The number of aliphatic hydroxyl groups excluding tert-OH is 1. The minimum atomic E-state index is -4.67. The highest BCUT2D eigenvalue weighted by molar-refractivity contribution is 5.73. The first-order valence-electron chi connectivity index (χ1n) is 4.05. The molecule has 3 nitrogen and oxygen atoms in total. The normalized spacial score (nSPS) is 15.3. The number of hydrogen-bond acceptors (Lipinski definition) is 2. The van der Waals surface area contributed by atoms with Crippen LogP contribution in [0.1, 0.15) is 26.7 Å². The summed E-state index contributed by atoms with van der Waals surface area (Å²) in [5.74, 6) is -1.17. The van der Waals surface area contributed by atoms with Gasteiger partial charge in [0.15, 0.2) is 0 Å². The van der Waals surface area contributed by atoms with E-state index in [9.17, 15) is 18.0 Å². The number of rotatable bonds is 4. The Hall–Kier alpha value is -0.780. The van der Waals surface area contributed by atoms with Gasteiger partial charge >= 0.3 is 12.1 Å². The highest BCUT2D eigenvalue weighted by atomic mass is 19.4. The van der Waals surface area contributed by atoms with E-state index < -0.39 is 30.1 Å². The van der Waals surface area contributed by atoms with Crippen LogP contribution in [0.25, 0.3) is 0 Å². The van der Waals surface area contributed by atoms with Gasteiger partial charge in [-0.3, -0.25) is 4.79 Å². The van der Waals surface area contributed by atoms with Crippen LogP contribution in [0.15, 0.2) is 0 Å². The van der Waals surface area contributed by atoms with Crippen molar-refractivity contribution in [2.75, 3.05) is 0 Å². The summed E-state index contributed by atoms with van der Waals surface area (Å²) in [6.45, 7) is 2.64. The van der Waals surface area contributed by atoms with Crippen molar-refractivity contribution in [3.63, 3.8) is 0 Å². The first-order chi connectivity index (χ1) is 6.07. The summed E-state index contributed by atoms with van der Waals surface area (Å²) in [5.41, 5.74) is -1.24. The summed E-state index contributed by atoms with van der Waals surface area (Å²) in [4.78, 5) is 10.5. The molecule has 0 saturated carbocycles. The van der Waals surface area contributed by atoms with E-state index in [1.54, 1.807) is 0 Å². The molecule has 0 aliphatic rings. The van der Waals surface area contributed by atoms with Crippen LogP contribution in [0.3, 0.4) is 0 Å². The van der Waals surface area contributed by atoms with Crippen molar-refractivity contribution in [2.45, 2.75) is 39.0 Å². The van der Waals surface area contributed by atoms with Gasteiger partial charge in [0.1, 0.15) is 6.10 Å². The summed E-state index contributed by atoms with van der Waals surface area (Å²) in [7, 11) is 0. The fourth-order valence-corrected chi connectivity index (χ4v) is 0.768. The minimum Gasteiger partial charge on any atom is -0.481 e. The quantitative estimate of drug-likeness (QED) is 0.750. The van der Waals surface area contributed by atoms with Crippen LogP contribution < -0.4 is 0 Å². The number of aliphatic hydroxyl groups is 1. The smallest absolute Gasteiger partial charge is 0.414 e. The molecule has 0 amide bonds. The SMILES string of the molecule is CC(C)(CCC(O)C(F)(F)F)C(=O)O. The third-order valence-electron chi connectivity index (χ3n) is 2.00. The molecule has 0 radical (unpaired) electrons. The second-order valence-corrected chi connectivity index (χ2v) is 3.79. The highest BCUT2D eigenvalue weighted by Gasteiger charge is 2.39. The Morgan fingerprint density at radius 3 is 2.07 bits per heavy atom. The summed E-state index contributed by atoms with van der Waals surface area (Å²) < 4.78 is 35.5. The highest BCUT2D eigenvalue weighted by Crippen LogP contribution is 2.29. The molecule has 0 rings (SSSR count). The van der Waals surface area contributed by atoms with Crippen LogP contribution in [0.5, 0.6) is 0 Å². The maximum atomic E-state index is 11.8. The van der Waals surface area contributed by atoms with Crippen molar-refractivity contribution in [1.82, 2.24) is 0 Å². The van der Waals surface area contributed by atoms with Crippen molar-refractivity contribution in [2.24, 2.45) is 5.41 Å². The predicted molar refractivity (Wildman–Crippen MR) is 42.7 cm³/mol. The van der Waals surface area contributed by atoms with E-state index in [1.165, 1.54) is 13.8 Å². The molecule has 0 aromatic carbocycles. The molecular formula is C8H13F3O3. The van der Waals surface area contributed by atoms with Gasteiger partial charge in [0.25, 0.3) is 0 Å². The fraction of sp³-hybridized carbons (Fsp3) is 0.875. The number of carboxylic acid groups (broad SMARTS) is 1. The molecule has 0 bridgehead atoms. The molecule has 0 aliphatic carbocycles. The van der Waals surface area contributed by atoms with Crippen molar-refractivity contribution in [1.29, 1.82) is 0 Å². The van der Waals surface area contributed by atoms with E-state index in [0.29, 0.717) is 0 Å². The van der Waals surface area contributed by atoms with Gasteiger partial charge in [-0.05, 0) is 26.7 Å². The van der Waals surface area contributed by atoms with Crippen LogP contribution >= 0.6 is 0 Å². The lowest BCUT2D eigenvalue weighted by Crippen LogP contribution is -2.32. The van der Waals surface area contributed by atoms with Gasteiger partial charge in [-0.15, -0.1) is 0 Å². The number of carbonyl (C=O) groups is 1. The van der Waals surface area contributed by atoms with Crippen LogP contribution in [-0.2, 0) is 4.79 Å². The standard InChI is InChI=1S/C8H13F3O3/c1-7(2,6(13)14)4-3-5(12)8(9,10)11/h5,12H,3-4H2,1-2H3,(H,13,14). The van der Waals surface area contributed by atoms with Crippen LogP contribution in [0.2, 0.25) is 0 Å². The predicted octanol–water partition coefficient (Wildman–Crippen LogP) is 1.80. The summed E-state index contributed by atoms with van der Waals surface area (Å²) >= 11 is 0. The number of aliphatic carboxylic acids is 1. The second kappa shape index (κ2) is 4.16. The molecule has 0 heterocycles. The monoisotopic (exact) mass is 214 g/mol. The Balaban J connectivity index is 4.13. The summed E-state index contributed by atoms with van der Waals surface area (Å²) in [6.07, 6.45) is -7.93. The second-order valence-electron chi connectivity index (χ2n) is 3.79. The van der Waals surface area contributed by atoms with Gasteiger partial charge in [0.2, 0.25) is 0 Å². The van der Waals surface area contributed by atoms with Crippen molar-refractivity contribution in [3.8, 4) is 0 Å². The molecule has 1 atom stereocenters. The van der Waals surface area contributed by atoms with E-state index >= 15 is 0 Å². The topological polar surface area (TPSA) is 57.5 Å². The van der Waals surface area contributed by atoms with Crippen LogP contribution in [0, 0.1) is 5.41 Å². The zero-order chi connectivity index (χ0) is 11.6. The lowest BCUT2D eigenvalue weighted by molar-refractivity contribution is -0.207. The maximum absolute atomic E-state index is 11.8. The van der Waals surface area contributed by atoms with Crippen molar-refractivity contribution >= 4 is 5.97 Å². The Morgan fingerprint density at radius 2 is 1.79 bits per heavy atom. The molecule has 0 fully saturated rings. The zero-order valence-electron chi connectivity index (χ0n) is 7.93. The molecule has 14 heavy (non-hydrogen) atoms. The van der Waals surface area contributed by atoms with Crippen molar-refractivity contribution < 1.29 is 28.2 Å². The van der Waals surface area contributed by atoms with E-state index in [0.717, 1.165) is 0 Å². The molecule has 1 unspecified atom stereocenters. The third-order valence-corrected chi connectivity index (χ3v) is 2.00. The van der Waals surface area contributed by atoms with Gasteiger partial charge in [-0.2, -0.15) is 13.2 Å². The van der Waals surface area contributed by atoms with E-state index in [1.807, 2.05) is 0 Å². The maximum Gasteiger partial charge on any atom is 0.414 e. The fourth-order valence-electron chi connectivity index (χ4n) is 0.768. The lowest BCUT2D eigenvalue weighted by Gasteiger charge is -2.21. The zero-order valence-corrected chi connectivity index (χ0v) is 7.93. The lowest BCUT2D eigenvalue weighted by atomic mass is 9.87. The molecule has 2 N–H and O–H groups in total. The van der Waals surface area contributed by atoms with Gasteiger partial charge in [0, 0.05) is 0 Å². The van der Waals surface area contributed by atoms with Gasteiger partial charge in [-0.1, -0.05) is 0 Å². The average molecular weight is 214 g/mol. The summed E-state index contributed by atoms with van der Waals surface area (Å²) in [5, 5.41) is 17.2. The van der Waals surface area contributed by atoms with Crippen LogP contribution in [0.4, 0.5) is 13.2 Å². The molecule has 0 aliphatic heterocycles. The molecule has 0 aromatic rings. The first-order valence-corrected chi connectivity index (χ1v) is 4.05. The average Bonchev–Trinajstić information content (AvgIpc) is 1.98. The number of carboxylic acids is 1. The Bertz CT molecular complexity index is 210. The Labute approximate surface area is 79.5 Å². The molecule has 0 aromatic heterocycles. The first kappa shape index (κ1) is 13.2. The number of hydrogen-bond donors (Lipinski definition) is 2. The molecular weight excluding hydrogens is 201 g/mol. The van der Waals surface area contributed by atoms with E-state index in [4.69, 9.17) is 10.2 Å². The van der Waals surface area contributed by atoms with Gasteiger partial charge in [0.05, 0.1) is 5.41 Å². The molecule has 84 valence electrons. The minimum absolute atomic E-state index is 0.219.